The first-order valence-electron chi connectivity index (χ1n) is 5.49. The third-order valence-corrected chi connectivity index (χ3v) is 2.74. The van der Waals surface area contributed by atoms with E-state index in [4.69, 9.17) is 4.74 Å². The third-order valence-electron chi connectivity index (χ3n) is 2.74. The monoisotopic (exact) mass is 223 g/mol. The standard InChI is InChI=1S/C13H21NO2/c1-10-6-5-7-11(12(10)15)8-14-9-13(2,3)16-4/h5-7,14-15H,8-9H2,1-4H3. The van der Waals surface area contributed by atoms with Gasteiger partial charge < -0.3 is 15.2 Å². The summed E-state index contributed by atoms with van der Waals surface area (Å²) in [6.45, 7) is 7.35. The highest BCUT2D eigenvalue weighted by molar-refractivity contribution is 5.39. The fourth-order valence-corrected chi connectivity index (χ4v) is 1.43. The van der Waals surface area contributed by atoms with Crippen LogP contribution >= 0.6 is 0 Å². The van der Waals surface area contributed by atoms with Crippen LogP contribution in [0.5, 0.6) is 5.75 Å². The van der Waals surface area contributed by atoms with Gasteiger partial charge in [-0.3, -0.25) is 0 Å². The second-order valence-electron chi connectivity index (χ2n) is 4.65. The fraction of sp³-hybridized carbons (Fsp3) is 0.538. The van der Waals surface area contributed by atoms with E-state index in [-0.39, 0.29) is 5.60 Å². The first kappa shape index (κ1) is 13.0. The minimum Gasteiger partial charge on any atom is -0.507 e. The highest BCUT2D eigenvalue weighted by Crippen LogP contribution is 2.21. The molecule has 0 aliphatic heterocycles. The number of ether oxygens (including phenoxy) is 1. The van der Waals surface area contributed by atoms with Crippen molar-refractivity contribution < 1.29 is 9.84 Å². The molecule has 0 atom stereocenters. The summed E-state index contributed by atoms with van der Waals surface area (Å²) in [5.74, 6) is 0.380. The van der Waals surface area contributed by atoms with Crippen LogP contribution in [0.15, 0.2) is 18.2 Å². The van der Waals surface area contributed by atoms with E-state index < -0.39 is 0 Å². The molecule has 2 N–H and O–H groups in total. The summed E-state index contributed by atoms with van der Waals surface area (Å²) in [6, 6.07) is 5.78. The van der Waals surface area contributed by atoms with Gasteiger partial charge in [0.1, 0.15) is 5.75 Å². The highest BCUT2D eigenvalue weighted by atomic mass is 16.5. The molecular weight excluding hydrogens is 202 g/mol. The molecule has 0 saturated heterocycles. The molecule has 0 heterocycles. The Labute approximate surface area is 97.4 Å². The van der Waals surface area contributed by atoms with Crippen LogP contribution in [-0.2, 0) is 11.3 Å². The van der Waals surface area contributed by atoms with Crippen molar-refractivity contribution in [2.45, 2.75) is 32.9 Å². The summed E-state index contributed by atoms with van der Waals surface area (Å²) >= 11 is 0. The number of phenols is 1. The van der Waals surface area contributed by atoms with Gasteiger partial charge in [-0.25, -0.2) is 0 Å². The Balaban J connectivity index is 2.53. The van der Waals surface area contributed by atoms with Gasteiger partial charge in [0, 0.05) is 25.8 Å². The molecule has 0 spiro atoms. The van der Waals surface area contributed by atoms with Crippen molar-refractivity contribution >= 4 is 0 Å². The second kappa shape index (κ2) is 5.32. The number of nitrogens with one attached hydrogen (secondary N) is 1. The molecule has 3 heteroatoms. The van der Waals surface area contributed by atoms with E-state index in [0.717, 1.165) is 17.7 Å². The number of aryl methyl sites for hydroxylation is 1. The topological polar surface area (TPSA) is 41.5 Å². The van der Waals surface area contributed by atoms with E-state index in [2.05, 4.69) is 5.32 Å². The van der Waals surface area contributed by atoms with E-state index >= 15 is 0 Å². The van der Waals surface area contributed by atoms with Crippen molar-refractivity contribution in [2.75, 3.05) is 13.7 Å². The summed E-state index contributed by atoms with van der Waals surface area (Å²) in [4.78, 5) is 0. The third kappa shape index (κ3) is 3.51. The lowest BCUT2D eigenvalue weighted by molar-refractivity contribution is 0.0230. The number of hydrogen-bond donors (Lipinski definition) is 2. The van der Waals surface area contributed by atoms with Crippen LogP contribution in [0.4, 0.5) is 0 Å². The average Bonchev–Trinajstić information content (AvgIpc) is 2.24. The number of methoxy groups -OCH3 is 1. The van der Waals surface area contributed by atoms with Gasteiger partial charge in [0.05, 0.1) is 5.60 Å². The number of phenolic OH excluding ortho intramolecular Hbond substituents is 1. The summed E-state index contributed by atoms with van der Waals surface area (Å²) in [5.41, 5.74) is 1.65. The number of para-hydroxylation sites is 1. The molecule has 1 aromatic carbocycles. The Kier molecular flexibility index (Phi) is 4.33. The predicted octanol–water partition coefficient (Wildman–Crippen LogP) is 2.22. The lowest BCUT2D eigenvalue weighted by Gasteiger charge is -2.23. The Bertz CT molecular complexity index is 348. The van der Waals surface area contributed by atoms with Crippen molar-refractivity contribution in [3.05, 3.63) is 29.3 Å². The number of benzene rings is 1. The minimum absolute atomic E-state index is 0.181. The van der Waals surface area contributed by atoms with Crippen LogP contribution in [0.3, 0.4) is 0 Å². The normalized spacial score (nSPS) is 11.8. The molecule has 1 aromatic rings. The average molecular weight is 223 g/mol. The van der Waals surface area contributed by atoms with E-state index in [1.54, 1.807) is 7.11 Å². The molecule has 0 saturated carbocycles. The fourth-order valence-electron chi connectivity index (χ4n) is 1.43. The van der Waals surface area contributed by atoms with Crippen molar-refractivity contribution in [2.24, 2.45) is 0 Å². The van der Waals surface area contributed by atoms with Gasteiger partial charge in [-0.1, -0.05) is 18.2 Å². The molecule has 0 fully saturated rings. The largest absolute Gasteiger partial charge is 0.507 e. The molecule has 0 aliphatic rings. The van der Waals surface area contributed by atoms with Gasteiger partial charge in [-0.05, 0) is 26.3 Å². The molecule has 16 heavy (non-hydrogen) atoms. The first-order valence-corrected chi connectivity index (χ1v) is 5.49. The van der Waals surface area contributed by atoms with Gasteiger partial charge in [0.2, 0.25) is 0 Å². The molecule has 0 aromatic heterocycles. The van der Waals surface area contributed by atoms with Crippen LogP contribution in [0.25, 0.3) is 0 Å². The molecular formula is C13H21NO2. The zero-order chi connectivity index (χ0) is 12.2. The van der Waals surface area contributed by atoms with E-state index in [1.165, 1.54) is 0 Å². The van der Waals surface area contributed by atoms with Crippen LogP contribution in [0, 0.1) is 6.92 Å². The summed E-state index contributed by atoms with van der Waals surface area (Å²) in [6.07, 6.45) is 0. The lowest BCUT2D eigenvalue weighted by Crippen LogP contribution is -2.36. The quantitative estimate of drug-likeness (QED) is 0.804. The lowest BCUT2D eigenvalue weighted by atomic mass is 10.1. The minimum atomic E-state index is -0.181. The smallest absolute Gasteiger partial charge is 0.122 e. The number of hydrogen-bond acceptors (Lipinski definition) is 3. The molecule has 0 bridgehead atoms. The molecule has 1 rings (SSSR count). The van der Waals surface area contributed by atoms with Crippen LogP contribution < -0.4 is 5.32 Å². The van der Waals surface area contributed by atoms with Crippen LogP contribution in [0.2, 0.25) is 0 Å². The summed E-state index contributed by atoms with van der Waals surface area (Å²) in [5, 5.41) is 13.1. The Morgan fingerprint density at radius 2 is 2.06 bits per heavy atom. The van der Waals surface area contributed by atoms with Crippen LogP contribution in [0.1, 0.15) is 25.0 Å². The molecule has 0 unspecified atom stereocenters. The molecule has 0 radical (unpaired) electrons. The van der Waals surface area contributed by atoms with E-state index in [0.29, 0.717) is 12.3 Å². The van der Waals surface area contributed by atoms with E-state index in [9.17, 15) is 5.11 Å². The molecule has 0 aliphatic carbocycles. The van der Waals surface area contributed by atoms with Crippen molar-refractivity contribution in [3.8, 4) is 5.75 Å². The van der Waals surface area contributed by atoms with Crippen molar-refractivity contribution in [1.29, 1.82) is 0 Å². The van der Waals surface area contributed by atoms with Crippen molar-refractivity contribution in [1.82, 2.24) is 5.32 Å². The summed E-state index contributed by atoms with van der Waals surface area (Å²) < 4.78 is 5.30. The van der Waals surface area contributed by atoms with Gasteiger partial charge in [0.15, 0.2) is 0 Å². The maximum atomic E-state index is 9.81. The van der Waals surface area contributed by atoms with Gasteiger partial charge in [-0.15, -0.1) is 0 Å². The van der Waals surface area contributed by atoms with Gasteiger partial charge >= 0.3 is 0 Å². The van der Waals surface area contributed by atoms with Crippen molar-refractivity contribution in [3.63, 3.8) is 0 Å². The zero-order valence-electron chi connectivity index (χ0n) is 10.5. The molecule has 90 valence electrons. The molecule has 0 amide bonds. The van der Waals surface area contributed by atoms with Gasteiger partial charge in [-0.2, -0.15) is 0 Å². The first-order chi connectivity index (χ1) is 7.46. The Morgan fingerprint density at radius 1 is 1.38 bits per heavy atom. The Morgan fingerprint density at radius 3 is 2.69 bits per heavy atom. The maximum Gasteiger partial charge on any atom is 0.122 e. The SMILES string of the molecule is COC(C)(C)CNCc1cccc(C)c1O. The maximum absolute atomic E-state index is 9.81. The van der Waals surface area contributed by atoms with E-state index in [1.807, 2.05) is 39.0 Å². The number of aromatic hydroxyl groups is 1. The van der Waals surface area contributed by atoms with Crippen LogP contribution in [-0.4, -0.2) is 24.4 Å². The van der Waals surface area contributed by atoms with Gasteiger partial charge in [0.25, 0.3) is 0 Å². The molecule has 3 nitrogen and oxygen atoms in total. The highest BCUT2D eigenvalue weighted by Gasteiger charge is 2.15. The zero-order valence-corrected chi connectivity index (χ0v) is 10.5. The number of rotatable bonds is 5. The summed E-state index contributed by atoms with van der Waals surface area (Å²) in [7, 11) is 1.70. The second-order valence-corrected chi connectivity index (χ2v) is 4.65. The predicted molar refractivity (Wildman–Crippen MR) is 65.6 cm³/mol. The Hall–Kier alpha value is -1.06.